The lowest BCUT2D eigenvalue weighted by Crippen LogP contribution is -2.24. The summed E-state index contributed by atoms with van der Waals surface area (Å²) >= 11 is 0. The van der Waals surface area contributed by atoms with Crippen molar-refractivity contribution in [3.8, 4) is 0 Å². The van der Waals surface area contributed by atoms with Gasteiger partial charge in [0.05, 0.1) is 0 Å². The van der Waals surface area contributed by atoms with Gasteiger partial charge in [0, 0.05) is 6.42 Å². The minimum atomic E-state index is -3.69. The smallest absolute Gasteiger partial charge is 0.216 e. The Morgan fingerprint density at radius 3 is 2.29 bits per heavy atom. The third-order valence-electron chi connectivity index (χ3n) is 1.61. The third-order valence-corrected chi connectivity index (χ3v) is 2.33. The number of hydrogen-bond acceptors (Lipinski definition) is 3. The fourth-order valence-corrected chi connectivity index (χ4v) is 1.65. The molecule has 1 aromatic carbocycles. The number of rotatable bonds is 4. The van der Waals surface area contributed by atoms with Gasteiger partial charge < -0.3 is 0 Å². The van der Waals surface area contributed by atoms with Crippen LogP contribution in [-0.4, -0.2) is 20.0 Å². The number of benzene rings is 1. The Bertz CT molecular complexity index is 411. The number of ketones is 1. The van der Waals surface area contributed by atoms with E-state index in [9.17, 15) is 13.2 Å². The summed E-state index contributed by atoms with van der Waals surface area (Å²) in [6.45, 7) is 0. The molecule has 0 radical (unpaired) electrons. The maximum Gasteiger partial charge on any atom is 0.216 e. The molecule has 0 fully saturated rings. The summed E-state index contributed by atoms with van der Waals surface area (Å²) in [5, 5.41) is 4.74. The lowest BCUT2D eigenvalue weighted by molar-refractivity contribution is -0.116. The summed E-state index contributed by atoms with van der Waals surface area (Å²) in [5.74, 6) is -0.985. The molecule has 0 saturated heterocycles. The molecule has 14 heavy (non-hydrogen) atoms. The maximum atomic E-state index is 11.2. The van der Waals surface area contributed by atoms with Crippen molar-refractivity contribution in [3.05, 3.63) is 35.9 Å². The predicted octanol–water partition coefficient (Wildman–Crippen LogP) is 0.0867. The first-order valence-corrected chi connectivity index (χ1v) is 5.75. The molecule has 4 nitrogen and oxygen atoms in total. The molecule has 76 valence electrons. The van der Waals surface area contributed by atoms with Gasteiger partial charge in [-0.1, -0.05) is 30.3 Å². The van der Waals surface area contributed by atoms with Gasteiger partial charge in [-0.2, -0.15) is 0 Å². The largest absolute Gasteiger partial charge is 0.298 e. The van der Waals surface area contributed by atoms with Crippen molar-refractivity contribution in [1.29, 1.82) is 0 Å². The minimum absolute atomic E-state index is 0.108. The normalized spacial score (nSPS) is 11.2. The summed E-state index contributed by atoms with van der Waals surface area (Å²) < 4.78 is 21.2. The Morgan fingerprint density at radius 2 is 1.79 bits per heavy atom. The molecule has 0 heterocycles. The molecule has 0 amide bonds. The number of Topliss-reactive ketones (excluding diaryl/α,β-unsaturated/α-hetero) is 1. The summed E-state index contributed by atoms with van der Waals surface area (Å²) in [7, 11) is -3.69. The molecule has 0 aliphatic carbocycles. The fraction of sp³-hybridized carbons (Fsp3) is 0.222. The van der Waals surface area contributed by atoms with E-state index in [1.807, 2.05) is 6.07 Å². The lowest BCUT2D eigenvalue weighted by Gasteiger charge is -1.99. The molecule has 0 unspecified atom stereocenters. The molecular formula is C9H11NO3S. The highest BCUT2D eigenvalue weighted by Gasteiger charge is 2.11. The van der Waals surface area contributed by atoms with E-state index in [1.165, 1.54) is 0 Å². The molecule has 0 aliphatic heterocycles. The van der Waals surface area contributed by atoms with Crippen LogP contribution in [-0.2, 0) is 21.2 Å². The zero-order valence-corrected chi connectivity index (χ0v) is 8.33. The van der Waals surface area contributed by atoms with Crippen molar-refractivity contribution in [3.63, 3.8) is 0 Å². The van der Waals surface area contributed by atoms with Gasteiger partial charge in [0.25, 0.3) is 0 Å². The molecule has 0 aliphatic rings. The average molecular weight is 213 g/mol. The second-order valence-corrected chi connectivity index (χ2v) is 4.62. The van der Waals surface area contributed by atoms with Crippen LogP contribution in [0.4, 0.5) is 0 Å². The van der Waals surface area contributed by atoms with Crippen LogP contribution in [0.5, 0.6) is 0 Å². The zero-order valence-electron chi connectivity index (χ0n) is 7.51. The van der Waals surface area contributed by atoms with E-state index in [0.717, 1.165) is 5.56 Å². The summed E-state index contributed by atoms with van der Waals surface area (Å²) in [4.78, 5) is 11.2. The van der Waals surface area contributed by atoms with Crippen molar-refractivity contribution in [2.24, 2.45) is 5.14 Å². The Balaban J connectivity index is 2.59. The Hall–Kier alpha value is -1.20. The highest BCUT2D eigenvalue weighted by molar-refractivity contribution is 7.89. The second-order valence-electron chi connectivity index (χ2n) is 3.01. The fourth-order valence-electron chi connectivity index (χ4n) is 1.10. The van der Waals surface area contributed by atoms with E-state index in [0.29, 0.717) is 0 Å². The highest BCUT2D eigenvalue weighted by atomic mass is 32.2. The van der Waals surface area contributed by atoms with E-state index >= 15 is 0 Å². The summed E-state index contributed by atoms with van der Waals surface area (Å²) in [6, 6.07) is 8.94. The molecule has 1 aromatic rings. The molecule has 0 aromatic heterocycles. The van der Waals surface area contributed by atoms with Crippen molar-refractivity contribution >= 4 is 15.8 Å². The molecule has 0 saturated carbocycles. The van der Waals surface area contributed by atoms with Crippen LogP contribution in [0.25, 0.3) is 0 Å². The summed E-state index contributed by atoms with van der Waals surface area (Å²) in [5.41, 5.74) is 0.793. The minimum Gasteiger partial charge on any atom is -0.298 e. The number of carbonyl (C=O) groups is 1. The average Bonchev–Trinajstić information content (AvgIpc) is 2.02. The van der Waals surface area contributed by atoms with Crippen molar-refractivity contribution in [2.45, 2.75) is 6.42 Å². The van der Waals surface area contributed by atoms with Crippen molar-refractivity contribution in [2.75, 3.05) is 5.75 Å². The SMILES string of the molecule is NS(=O)(=O)CC(=O)Cc1ccccc1. The molecule has 5 heteroatoms. The van der Waals surface area contributed by atoms with Crippen LogP contribution in [0.2, 0.25) is 0 Å². The van der Waals surface area contributed by atoms with Crippen molar-refractivity contribution < 1.29 is 13.2 Å². The monoisotopic (exact) mass is 213 g/mol. The number of sulfonamides is 1. The van der Waals surface area contributed by atoms with E-state index in [2.05, 4.69) is 0 Å². The maximum absolute atomic E-state index is 11.2. The van der Waals surface area contributed by atoms with Crippen LogP contribution in [0.1, 0.15) is 5.56 Å². The van der Waals surface area contributed by atoms with Gasteiger partial charge in [0.15, 0.2) is 5.78 Å². The Kier molecular flexibility index (Phi) is 3.38. The molecule has 0 bridgehead atoms. The Labute approximate surface area is 82.8 Å². The van der Waals surface area contributed by atoms with E-state index in [4.69, 9.17) is 5.14 Å². The van der Waals surface area contributed by atoms with Crippen LogP contribution >= 0.6 is 0 Å². The number of primary sulfonamides is 1. The molecular weight excluding hydrogens is 202 g/mol. The topological polar surface area (TPSA) is 77.2 Å². The first kappa shape index (κ1) is 10.9. The number of hydrogen-bond donors (Lipinski definition) is 1. The van der Waals surface area contributed by atoms with Gasteiger partial charge >= 0.3 is 0 Å². The highest BCUT2D eigenvalue weighted by Crippen LogP contribution is 2.00. The molecule has 0 spiro atoms. The van der Waals surface area contributed by atoms with Crippen LogP contribution in [0.3, 0.4) is 0 Å². The van der Waals surface area contributed by atoms with Gasteiger partial charge in [0.2, 0.25) is 10.0 Å². The standard InChI is InChI=1S/C9H11NO3S/c10-14(12,13)7-9(11)6-8-4-2-1-3-5-8/h1-5H,6-7H2,(H2,10,12,13). The van der Waals surface area contributed by atoms with E-state index < -0.39 is 21.6 Å². The van der Waals surface area contributed by atoms with Crippen molar-refractivity contribution in [1.82, 2.24) is 0 Å². The number of nitrogens with two attached hydrogens (primary N) is 1. The molecule has 1 rings (SSSR count). The van der Waals surface area contributed by atoms with Crippen LogP contribution in [0, 0.1) is 0 Å². The lowest BCUT2D eigenvalue weighted by atomic mass is 10.1. The van der Waals surface area contributed by atoms with Crippen LogP contribution < -0.4 is 5.14 Å². The molecule has 2 N–H and O–H groups in total. The first-order valence-electron chi connectivity index (χ1n) is 4.03. The third kappa shape index (κ3) is 4.15. The van der Waals surface area contributed by atoms with Gasteiger partial charge in [-0.05, 0) is 5.56 Å². The van der Waals surface area contributed by atoms with Gasteiger partial charge in [-0.3, -0.25) is 4.79 Å². The Morgan fingerprint density at radius 1 is 1.21 bits per heavy atom. The van der Waals surface area contributed by atoms with Gasteiger partial charge in [-0.25, -0.2) is 13.6 Å². The quantitative estimate of drug-likeness (QED) is 0.769. The predicted molar refractivity (Wildman–Crippen MR) is 53.1 cm³/mol. The second kappa shape index (κ2) is 4.34. The van der Waals surface area contributed by atoms with E-state index in [-0.39, 0.29) is 6.42 Å². The van der Waals surface area contributed by atoms with Gasteiger partial charge in [-0.15, -0.1) is 0 Å². The zero-order chi connectivity index (χ0) is 10.6. The van der Waals surface area contributed by atoms with Crippen LogP contribution in [0.15, 0.2) is 30.3 Å². The number of carbonyl (C=O) groups excluding carboxylic acids is 1. The summed E-state index contributed by atoms with van der Waals surface area (Å²) in [6.07, 6.45) is 0.108. The molecule has 0 atom stereocenters. The van der Waals surface area contributed by atoms with Gasteiger partial charge in [0.1, 0.15) is 5.75 Å². The van der Waals surface area contributed by atoms with E-state index in [1.54, 1.807) is 24.3 Å². The first-order chi connectivity index (χ1) is 6.47.